The topological polar surface area (TPSA) is 55.9 Å². The fourth-order valence-corrected chi connectivity index (χ4v) is 1.24. The van der Waals surface area contributed by atoms with Crippen LogP contribution < -0.4 is 11.1 Å². The number of nitrogen functional groups attached to an aromatic ring is 1. The number of nitrogens with two attached hydrogens (primary N) is 1. The molecule has 1 fully saturated rings. The molecule has 5 heteroatoms. The van der Waals surface area contributed by atoms with E-state index in [1.807, 2.05) is 0 Å². The number of anilines is 2. The van der Waals surface area contributed by atoms with Gasteiger partial charge in [0.25, 0.3) is 0 Å². The average molecular weight is 187 g/mol. The van der Waals surface area contributed by atoms with E-state index in [0.29, 0.717) is 22.7 Å². The Kier molecular flexibility index (Phi) is 1.65. The second-order valence-electron chi connectivity index (χ2n) is 3.09. The van der Waals surface area contributed by atoms with Crippen molar-refractivity contribution in [2.45, 2.75) is 18.9 Å². The van der Waals surface area contributed by atoms with Gasteiger partial charge in [-0.25, -0.2) is 4.68 Å². The zero-order valence-electron chi connectivity index (χ0n) is 6.84. The van der Waals surface area contributed by atoms with E-state index < -0.39 is 0 Å². The van der Waals surface area contributed by atoms with Gasteiger partial charge in [0.15, 0.2) is 5.82 Å². The summed E-state index contributed by atoms with van der Waals surface area (Å²) in [5.74, 6) is 1.22. The molecule has 1 aromatic heterocycles. The Morgan fingerprint density at radius 1 is 1.67 bits per heavy atom. The van der Waals surface area contributed by atoms with Crippen LogP contribution in [-0.4, -0.2) is 15.8 Å². The highest BCUT2D eigenvalue weighted by Gasteiger charge is 2.24. The fourth-order valence-electron chi connectivity index (χ4n) is 1.02. The van der Waals surface area contributed by atoms with Crippen LogP contribution in [0.5, 0.6) is 0 Å². The second kappa shape index (κ2) is 2.55. The van der Waals surface area contributed by atoms with Crippen molar-refractivity contribution < 1.29 is 0 Å². The number of nitrogens with zero attached hydrogens (tertiary/aromatic N) is 2. The van der Waals surface area contributed by atoms with Crippen LogP contribution in [0.15, 0.2) is 0 Å². The predicted octanol–water partition coefficient (Wildman–Crippen LogP) is 1.23. The maximum atomic E-state index is 5.92. The fraction of sp³-hybridized carbons (Fsp3) is 0.571. The third kappa shape index (κ3) is 1.22. The summed E-state index contributed by atoms with van der Waals surface area (Å²) in [6, 6.07) is 0.553. The Labute approximate surface area is 75.7 Å². The lowest BCUT2D eigenvalue weighted by atomic mass is 10.5. The Morgan fingerprint density at radius 2 is 2.33 bits per heavy atom. The average Bonchev–Trinajstić information content (AvgIpc) is 2.80. The van der Waals surface area contributed by atoms with Crippen molar-refractivity contribution in [3.8, 4) is 0 Å². The molecule has 0 amide bonds. The maximum Gasteiger partial charge on any atom is 0.169 e. The predicted molar refractivity (Wildman–Crippen MR) is 49.3 cm³/mol. The minimum Gasteiger partial charge on any atom is -0.383 e. The summed E-state index contributed by atoms with van der Waals surface area (Å²) in [7, 11) is 1.78. The van der Waals surface area contributed by atoms with Crippen LogP contribution in [-0.2, 0) is 7.05 Å². The van der Waals surface area contributed by atoms with Crippen LogP contribution in [0.2, 0.25) is 5.02 Å². The number of hydrogen-bond donors (Lipinski definition) is 2. The molecule has 2 rings (SSSR count). The second-order valence-corrected chi connectivity index (χ2v) is 3.47. The molecule has 1 aliphatic carbocycles. The first-order valence-corrected chi connectivity index (χ1v) is 4.31. The summed E-state index contributed by atoms with van der Waals surface area (Å²) in [6.45, 7) is 0. The summed E-state index contributed by atoms with van der Waals surface area (Å²) in [5.41, 5.74) is 5.63. The number of nitrogens with one attached hydrogen (secondary N) is 1. The van der Waals surface area contributed by atoms with Crippen LogP contribution in [0.1, 0.15) is 12.8 Å². The standard InChI is InChI=1S/C7H11ClN4/c1-12-6(9)5(8)7(11-12)10-4-2-3-4/h4H,2-3,9H2,1H3,(H,10,11). The first kappa shape index (κ1) is 7.73. The molecule has 0 aromatic carbocycles. The van der Waals surface area contributed by atoms with E-state index >= 15 is 0 Å². The molecule has 0 aliphatic heterocycles. The molecule has 0 saturated heterocycles. The zero-order chi connectivity index (χ0) is 8.72. The van der Waals surface area contributed by atoms with Gasteiger partial charge in [-0.1, -0.05) is 11.6 Å². The van der Waals surface area contributed by atoms with Gasteiger partial charge in [0, 0.05) is 13.1 Å². The van der Waals surface area contributed by atoms with Gasteiger partial charge in [-0.05, 0) is 12.8 Å². The molecule has 1 saturated carbocycles. The van der Waals surface area contributed by atoms with Gasteiger partial charge in [0.2, 0.25) is 0 Å². The maximum absolute atomic E-state index is 5.92. The highest BCUT2D eigenvalue weighted by Crippen LogP contribution is 2.31. The van der Waals surface area contributed by atoms with E-state index in [-0.39, 0.29) is 0 Å². The monoisotopic (exact) mass is 186 g/mol. The minimum absolute atomic E-state index is 0.514. The van der Waals surface area contributed by atoms with Crippen molar-refractivity contribution in [2.75, 3.05) is 11.1 Å². The minimum atomic E-state index is 0.514. The number of hydrogen-bond acceptors (Lipinski definition) is 3. The van der Waals surface area contributed by atoms with Gasteiger partial charge in [-0.2, -0.15) is 5.10 Å². The van der Waals surface area contributed by atoms with Crippen LogP contribution >= 0.6 is 11.6 Å². The van der Waals surface area contributed by atoms with E-state index in [1.165, 1.54) is 12.8 Å². The van der Waals surface area contributed by atoms with Crippen LogP contribution in [0.4, 0.5) is 11.6 Å². The summed E-state index contributed by atoms with van der Waals surface area (Å²) < 4.78 is 1.58. The van der Waals surface area contributed by atoms with Crippen LogP contribution in [0.3, 0.4) is 0 Å². The highest BCUT2D eigenvalue weighted by molar-refractivity contribution is 6.35. The molecule has 3 N–H and O–H groups in total. The SMILES string of the molecule is Cn1nc(NC2CC2)c(Cl)c1N. The lowest BCUT2D eigenvalue weighted by molar-refractivity contribution is 0.779. The van der Waals surface area contributed by atoms with E-state index in [1.54, 1.807) is 11.7 Å². The molecule has 1 heterocycles. The largest absolute Gasteiger partial charge is 0.383 e. The lowest BCUT2D eigenvalue weighted by Gasteiger charge is -1.97. The molecule has 12 heavy (non-hydrogen) atoms. The Hall–Kier alpha value is -0.900. The van der Waals surface area contributed by atoms with Gasteiger partial charge >= 0.3 is 0 Å². The third-order valence-corrected chi connectivity index (χ3v) is 2.32. The summed E-state index contributed by atoms with van der Waals surface area (Å²) in [5, 5.41) is 7.87. The van der Waals surface area contributed by atoms with Gasteiger partial charge in [0.05, 0.1) is 0 Å². The normalized spacial score (nSPS) is 16.5. The molecule has 4 nitrogen and oxygen atoms in total. The third-order valence-electron chi connectivity index (χ3n) is 1.95. The molecular formula is C7H11ClN4. The molecule has 1 aromatic rings. The molecule has 0 bridgehead atoms. The Bertz CT molecular complexity index is 303. The first-order chi connectivity index (χ1) is 5.68. The molecule has 66 valence electrons. The van der Waals surface area contributed by atoms with Crippen molar-refractivity contribution in [1.82, 2.24) is 9.78 Å². The Morgan fingerprint density at radius 3 is 2.75 bits per heavy atom. The molecule has 0 spiro atoms. The van der Waals surface area contributed by atoms with Crippen LogP contribution in [0.25, 0.3) is 0 Å². The number of rotatable bonds is 2. The molecule has 0 atom stereocenters. The number of halogens is 1. The molecule has 1 aliphatic rings. The van der Waals surface area contributed by atoms with Gasteiger partial charge in [0.1, 0.15) is 10.8 Å². The smallest absolute Gasteiger partial charge is 0.169 e. The van der Waals surface area contributed by atoms with Gasteiger partial charge < -0.3 is 11.1 Å². The zero-order valence-corrected chi connectivity index (χ0v) is 7.60. The molecule has 0 unspecified atom stereocenters. The van der Waals surface area contributed by atoms with Crippen molar-refractivity contribution in [2.24, 2.45) is 7.05 Å². The van der Waals surface area contributed by atoms with E-state index in [0.717, 1.165) is 0 Å². The van der Waals surface area contributed by atoms with Gasteiger partial charge in [-0.15, -0.1) is 0 Å². The molecule has 0 radical (unpaired) electrons. The number of aryl methyl sites for hydroxylation is 1. The summed E-state index contributed by atoms with van der Waals surface area (Å²) in [6.07, 6.45) is 2.40. The van der Waals surface area contributed by atoms with Crippen LogP contribution in [0, 0.1) is 0 Å². The van der Waals surface area contributed by atoms with E-state index in [4.69, 9.17) is 17.3 Å². The first-order valence-electron chi connectivity index (χ1n) is 3.93. The van der Waals surface area contributed by atoms with Crippen molar-refractivity contribution >= 4 is 23.2 Å². The summed E-state index contributed by atoms with van der Waals surface area (Å²) >= 11 is 5.92. The highest BCUT2D eigenvalue weighted by atomic mass is 35.5. The van der Waals surface area contributed by atoms with Gasteiger partial charge in [-0.3, -0.25) is 0 Å². The number of aromatic nitrogens is 2. The van der Waals surface area contributed by atoms with Crippen molar-refractivity contribution in [1.29, 1.82) is 0 Å². The van der Waals surface area contributed by atoms with E-state index in [2.05, 4.69) is 10.4 Å². The Balaban J connectivity index is 2.23. The van der Waals surface area contributed by atoms with Crippen molar-refractivity contribution in [3.05, 3.63) is 5.02 Å². The van der Waals surface area contributed by atoms with E-state index in [9.17, 15) is 0 Å². The quantitative estimate of drug-likeness (QED) is 0.731. The molecular weight excluding hydrogens is 176 g/mol. The summed E-state index contributed by atoms with van der Waals surface area (Å²) in [4.78, 5) is 0. The lowest BCUT2D eigenvalue weighted by Crippen LogP contribution is -2.02. The van der Waals surface area contributed by atoms with Crippen molar-refractivity contribution in [3.63, 3.8) is 0 Å².